The van der Waals surface area contributed by atoms with Gasteiger partial charge in [-0.05, 0) is 0 Å². The normalized spacial score (nSPS) is 16.4. The van der Waals surface area contributed by atoms with Crippen molar-refractivity contribution in [3.8, 4) is 0 Å². The Hall–Kier alpha value is -1.59. The van der Waals surface area contributed by atoms with E-state index in [2.05, 4.69) is 4.99 Å². The van der Waals surface area contributed by atoms with E-state index in [9.17, 15) is 9.59 Å². The lowest BCUT2D eigenvalue weighted by Crippen LogP contribution is -2.44. The molecule has 0 spiro atoms. The van der Waals surface area contributed by atoms with E-state index in [0.29, 0.717) is 13.1 Å². The monoisotopic (exact) mass is 156 g/mol. The zero-order chi connectivity index (χ0) is 8.43. The highest BCUT2D eigenvalue weighted by atomic mass is 16.2. The van der Waals surface area contributed by atoms with Crippen molar-refractivity contribution in [2.45, 2.75) is 0 Å². The zero-order valence-electron chi connectivity index (χ0n) is 5.78. The molecule has 6 heteroatoms. The number of primary amides is 2. The van der Waals surface area contributed by atoms with Crippen molar-refractivity contribution in [2.75, 3.05) is 13.1 Å². The molecular formula is C5H8N4O2. The average molecular weight is 156 g/mol. The minimum absolute atomic E-state index is 0.0440. The molecule has 1 rings (SSSR count). The maximum absolute atomic E-state index is 10.6. The summed E-state index contributed by atoms with van der Waals surface area (Å²) in [6, 6.07) is -0.694. The van der Waals surface area contributed by atoms with Gasteiger partial charge in [0.05, 0.1) is 6.54 Å². The number of nitrogens with two attached hydrogens (primary N) is 2. The Morgan fingerprint density at radius 3 is 2.45 bits per heavy atom. The molecule has 0 unspecified atom stereocenters. The first kappa shape index (κ1) is 7.52. The van der Waals surface area contributed by atoms with Gasteiger partial charge < -0.3 is 11.5 Å². The summed E-state index contributed by atoms with van der Waals surface area (Å²) in [5, 5.41) is 0. The minimum atomic E-state index is -0.721. The second-order valence-corrected chi connectivity index (χ2v) is 2.06. The summed E-state index contributed by atoms with van der Waals surface area (Å²) >= 11 is 0. The summed E-state index contributed by atoms with van der Waals surface area (Å²) < 4.78 is 0. The molecule has 3 amide bonds. The van der Waals surface area contributed by atoms with E-state index in [0.717, 1.165) is 4.90 Å². The summed E-state index contributed by atoms with van der Waals surface area (Å²) in [7, 11) is 0. The largest absolute Gasteiger partial charge is 0.363 e. The number of rotatable bonds is 1. The van der Waals surface area contributed by atoms with Crippen LogP contribution in [0.4, 0.5) is 4.79 Å². The number of aliphatic imine (C=N–C) groups is 1. The maximum atomic E-state index is 10.6. The summed E-state index contributed by atoms with van der Waals surface area (Å²) in [6.45, 7) is 0.731. The van der Waals surface area contributed by atoms with Crippen molar-refractivity contribution in [2.24, 2.45) is 16.5 Å². The van der Waals surface area contributed by atoms with Crippen LogP contribution in [0.25, 0.3) is 0 Å². The molecular weight excluding hydrogens is 148 g/mol. The van der Waals surface area contributed by atoms with Crippen molar-refractivity contribution in [1.82, 2.24) is 4.90 Å². The number of carbonyl (C=O) groups excluding carboxylic acids is 2. The van der Waals surface area contributed by atoms with Crippen molar-refractivity contribution in [1.29, 1.82) is 0 Å². The van der Waals surface area contributed by atoms with Crippen LogP contribution in [0, 0.1) is 0 Å². The van der Waals surface area contributed by atoms with Crippen LogP contribution >= 0.6 is 0 Å². The Labute approximate surface area is 62.9 Å². The first-order valence-electron chi connectivity index (χ1n) is 3.04. The van der Waals surface area contributed by atoms with Crippen LogP contribution in [0.15, 0.2) is 4.99 Å². The lowest BCUT2D eigenvalue weighted by Gasteiger charge is -2.11. The highest BCUT2D eigenvalue weighted by molar-refractivity contribution is 6.40. The maximum Gasteiger partial charge on any atom is 0.320 e. The van der Waals surface area contributed by atoms with E-state index in [-0.39, 0.29) is 5.84 Å². The topological polar surface area (TPSA) is 102 Å². The molecule has 11 heavy (non-hydrogen) atoms. The smallest absolute Gasteiger partial charge is 0.320 e. The van der Waals surface area contributed by atoms with Gasteiger partial charge in [-0.25, -0.2) is 4.79 Å². The average Bonchev–Trinajstić information content (AvgIpc) is 2.32. The number of nitrogens with zero attached hydrogens (tertiary/aromatic N) is 2. The Balaban J connectivity index is 2.79. The van der Waals surface area contributed by atoms with Gasteiger partial charge in [0.2, 0.25) is 0 Å². The van der Waals surface area contributed by atoms with Gasteiger partial charge in [-0.3, -0.25) is 14.7 Å². The van der Waals surface area contributed by atoms with E-state index >= 15 is 0 Å². The molecule has 0 aliphatic carbocycles. The second-order valence-electron chi connectivity index (χ2n) is 2.06. The minimum Gasteiger partial charge on any atom is -0.363 e. The summed E-state index contributed by atoms with van der Waals surface area (Å²) in [6.07, 6.45) is 0. The van der Waals surface area contributed by atoms with Crippen LogP contribution in [0.3, 0.4) is 0 Å². The highest BCUT2D eigenvalue weighted by Gasteiger charge is 2.24. The third kappa shape index (κ3) is 1.28. The second kappa shape index (κ2) is 2.57. The number of hydrogen-bond donors (Lipinski definition) is 2. The van der Waals surface area contributed by atoms with Crippen molar-refractivity contribution >= 4 is 17.8 Å². The summed E-state index contributed by atoms with van der Waals surface area (Å²) in [5.74, 6) is -0.765. The Bertz CT molecular complexity index is 235. The molecule has 1 aliphatic rings. The lowest BCUT2D eigenvalue weighted by atomic mass is 10.5. The van der Waals surface area contributed by atoms with E-state index in [1.807, 2.05) is 0 Å². The molecule has 6 nitrogen and oxygen atoms in total. The van der Waals surface area contributed by atoms with Gasteiger partial charge in [0.1, 0.15) is 0 Å². The molecule has 0 saturated heterocycles. The number of carbonyl (C=O) groups is 2. The van der Waals surface area contributed by atoms with Gasteiger partial charge >= 0.3 is 6.03 Å². The van der Waals surface area contributed by atoms with Crippen LogP contribution in [0.5, 0.6) is 0 Å². The van der Waals surface area contributed by atoms with E-state index in [1.54, 1.807) is 0 Å². The van der Waals surface area contributed by atoms with Crippen LogP contribution in [-0.2, 0) is 4.79 Å². The molecule has 4 N–H and O–H groups in total. The highest BCUT2D eigenvalue weighted by Crippen LogP contribution is 1.99. The Morgan fingerprint density at radius 1 is 1.45 bits per heavy atom. The molecule has 0 saturated carbocycles. The molecule has 1 heterocycles. The van der Waals surface area contributed by atoms with Gasteiger partial charge in [0.25, 0.3) is 5.91 Å². The third-order valence-electron chi connectivity index (χ3n) is 1.33. The Morgan fingerprint density at radius 2 is 2.09 bits per heavy atom. The number of amides is 3. The SMILES string of the molecule is NC(=O)C1=NCCN1C(N)=O. The van der Waals surface area contributed by atoms with Gasteiger partial charge in [0, 0.05) is 6.54 Å². The number of urea groups is 1. The third-order valence-corrected chi connectivity index (χ3v) is 1.33. The van der Waals surface area contributed by atoms with Crippen LogP contribution in [0.2, 0.25) is 0 Å². The van der Waals surface area contributed by atoms with Gasteiger partial charge in [-0.2, -0.15) is 0 Å². The Kier molecular flexibility index (Phi) is 1.75. The quantitative estimate of drug-likeness (QED) is 0.471. The fourth-order valence-electron chi connectivity index (χ4n) is 0.873. The van der Waals surface area contributed by atoms with Crippen molar-refractivity contribution < 1.29 is 9.59 Å². The molecule has 0 atom stereocenters. The van der Waals surface area contributed by atoms with Crippen LogP contribution in [-0.4, -0.2) is 35.8 Å². The van der Waals surface area contributed by atoms with E-state index < -0.39 is 11.9 Å². The number of amidine groups is 1. The van der Waals surface area contributed by atoms with Gasteiger partial charge in [-0.1, -0.05) is 0 Å². The summed E-state index contributed by atoms with van der Waals surface area (Å²) in [5.41, 5.74) is 9.83. The first-order valence-corrected chi connectivity index (χ1v) is 3.04. The molecule has 0 aromatic rings. The van der Waals surface area contributed by atoms with Gasteiger partial charge in [0.15, 0.2) is 5.84 Å². The fourth-order valence-corrected chi connectivity index (χ4v) is 0.873. The fraction of sp³-hybridized carbons (Fsp3) is 0.400. The lowest BCUT2D eigenvalue weighted by molar-refractivity contribution is -0.112. The number of hydrogen-bond acceptors (Lipinski definition) is 3. The van der Waals surface area contributed by atoms with Crippen molar-refractivity contribution in [3.05, 3.63) is 0 Å². The molecule has 0 aromatic carbocycles. The predicted octanol–water partition coefficient (Wildman–Crippen LogP) is -1.74. The molecule has 1 aliphatic heterocycles. The van der Waals surface area contributed by atoms with E-state index in [1.165, 1.54) is 0 Å². The molecule has 60 valence electrons. The standard InChI is InChI=1S/C5H8N4O2/c6-3(10)4-8-1-2-9(4)5(7)11/h1-2H2,(H2,6,10)(H2,7,11). The van der Waals surface area contributed by atoms with Crippen molar-refractivity contribution in [3.63, 3.8) is 0 Å². The first-order chi connectivity index (χ1) is 5.13. The van der Waals surface area contributed by atoms with Gasteiger partial charge in [-0.15, -0.1) is 0 Å². The molecule has 0 aromatic heterocycles. The summed E-state index contributed by atoms with van der Waals surface area (Å²) in [4.78, 5) is 25.9. The predicted molar refractivity (Wildman–Crippen MR) is 37.8 cm³/mol. The molecule has 0 radical (unpaired) electrons. The van der Waals surface area contributed by atoms with E-state index in [4.69, 9.17) is 11.5 Å². The van der Waals surface area contributed by atoms with Crippen LogP contribution in [0.1, 0.15) is 0 Å². The molecule has 0 bridgehead atoms. The molecule has 0 fully saturated rings. The zero-order valence-corrected chi connectivity index (χ0v) is 5.78. The van der Waals surface area contributed by atoms with Crippen LogP contribution < -0.4 is 11.5 Å².